The second-order valence-corrected chi connectivity index (χ2v) is 6.31. The quantitative estimate of drug-likeness (QED) is 0.703. The van der Waals surface area contributed by atoms with Crippen LogP contribution in [0.3, 0.4) is 0 Å². The molecule has 1 aromatic heterocycles. The summed E-state index contributed by atoms with van der Waals surface area (Å²) in [7, 11) is 0. The molecule has 4 heteroatoms. The monoisotopic (exact) mass is 327 g/mol. The second kappa shape index (κ2) is 5.74. The molecular weight excluding hydrogens is 310 g/mol. The topological polar surface area (TPSA) is 37.7 Å². The summed E-state index contributed by atoms with van der Waals surface area (Å²) in [5, 5.41) is 7.02. The van der Waals surface area contributed by atoms with Crippen LogP contribution < -0.4 is 4.74 Å². The van der Waals surface area contributed by atoms with Gasteiger partial charge in [0.05, 0.1) is 11.8 Å². The minimum atomic E-state index is -0.255. The van der Waals surface area contributed by atoms with Gasteiger partial charge in [0.15, 0.2) is 0 Å². The molecule has 0 bridgehead atoms. The highest BCUT2D eigenvalue weighted by Gasteiger charge is 2.40. The lowest BCUT2D eigenvalue weighted by Gasteiger charge is -2.38. The molecule has 2 aliphatic heterocycles. The van der Waals surface area contributed by atoms with E-state index < -0.39 is 0 Å². The van der Waals surface area contributed by atoms with Crippen molar-refractivity contribution >= 4 is 5.71 Å². The number of aromatic nitrogens is 1. The fourth-order valence-corrected chi connectivity index (χ4v) is 3.58. The zero-order chi connectivity index (χ0) is 16.6. The van der Waals surface area contributed by atoms with E-state index in [2.05, 4.69) is 46.4 Å². The van der Waals surface area contributed by atoms with Crippen LogP contribution in [0, 0.1) is 0 Å². The lowest BCUT2D eigenvalue weighted by Crippen LogP contribution is -2.33. The molecule has 0 saturated carbocycles. The predicted molar refractivity (Wildman–Crippen MR) is 96.2 cm³/mol. The van der Waals surface area contributed by atoms with Gasteiger partial charge in [-0.3, -0.25) is 4.98 Å². The molecule has 0 aliphatic carbocycles. The normalized spacial score (nSPS) is 21.1. The molecule has 3 aromatic rings. The fraction of sp³-hybridized carbons (Fsp3) is 0.143. The van der Waals surface area contributed by atoms with Crippen LogP contribution in [0.5, 0.6) is 5.75 Å². The lowest BCUT2D eigenvalue weighted by molar-refractivity contribution is -0.0192. The maximum absolute atomic E-state index is 6.29. The van der Waals surface area contributed by atoms with Gasteiger partial charge in [0.25, 0.3) is 0 Å². The first-order valence-electron chi connectivity index (χ1n) is 8.47. The Morgan fingerprint density at radius 1 is 0.920 bits per heavy atom. The minimum absolute atomic E-state index is 0.186. The molecule has 2 aliphatic rings. The van der Waals surface area contributed by atoms with Crippen molar-refractivity contribution in [2.45, 2.75) is 18.7 Å². The number of para-hydroxylation sites is 1. The molecule has 2 aromatic carbocycles. The highest BCUT2D eigenvalue weighted by atomic mass is 16.5. The van der Waals surface area contributed by atoms with Crippen LogP contribution >= 0.6 is 0 Å². The number of hydrogen-bond donors (Lipinski definition) is 0. The number of hydrazone groups is 1. The van der Waals surface area contributed by atoms with Crippen molar-refractivity contribution < 1.29 is 4.74 Å². The molecule has 0 saturated heterocycles. The van der Waals surface area contributed by atoms with E-state index in [1.807, 2.05) is 36.5 Å². The number of fused-ring (bicyclic) bond motifs is 3. The summed E-state index contributed by atoms with van der Waals surface area (Å²) in [6.07, 6.45) is 4.25. The van der Waals surface area contributed by atoms with Gasteiger partial charge in [-0.15, -0.1) is 0 Å². The van der Waals surface area contributed by atoms with Gasteiger partial charge >= 0.3 is 0 Å². The number of pyridine rings is 1. The molecule has 0 amide bonds. The van der Waals surface area contributed by atoms with Crippen molar-refractivity contribution in [2.24, 2.45) is 5.10 Å². The van der Waals surface area contributed by atoms with Gasteiger partial charge in [-0.25, -0.2) is 5.01 Å². The Hall–Kier alpha value is -3.14. The smallest absolute Gasteiger partial charge is 0.215 e. The molecule has 122 valence electrons. The van der Waals surface area contributed by atoms with Gasteiger partial charge in [-0.05, 0) is 17.7 Å². The van der Waals surface area contributed by atoms with Crippen LogP contribution in [0.25, 0.3) is 0 Å². The minimum Gasteiger partial charge on any atom is -0.464 e. The molecule has 4 nitrogen and oxygen atoms in total. The third-order valence-corrected chi connectivity index (χ3v) is 4.78. The first-order chi connectivity index (χ1) is 12.4. The summed E-state index contributed by atoms with van der Waals surface area (Å²) in [6, 6.07) is 22.8. The summed E-state index contributed by atoms with van der Waals surface area (Å²) in [6.45, 7) is 0. The summed E-state index contributed by atoms with van der Waals surface area (Å²) in [5.74, 6) is 0.933. The van der Waals surface area contributed by atoms with Crippen molar-refractivity contribution in [1.82, 2.24) is 9.99 Å². The average molecular weight is 327 g/mol. The lowest BCUT2D eigenvalue weighted by atomic mass is 9.96. The Balaban J connectivity index is 1.61. The van der Waals surface area contributed by atoms with Crippen molar-refractivity contribution in [1.29, 1.82) is 0 Å². The third kappa shape index (κ3) is 2.38. The van der Waals surface area contributed by atoms with Crippen LogP contribution in [0.4, 0.5) is 0 Å². The fourth-order valence-electron chi connectivity index (χ4n) is 3.58. The molecule has 25 heavy (non-hydrogen) atoms. The van der Waals surface area contributed by atoms with E-state index in [0.29, 0.717) is 0 Å². The van der Waals surface area contributed by atoms with E-state index in [0.717, 1.165) is 23.4 Å². The largest absolute Gasteiger partial charge is 0.464 e. The van der Waals surface area contributed by atoms with Crippen LogP contribution in [-0.4, -0.2) is 15.7 Å². The zero-order valence-electron chi connectivity index (χ0n) is 13.6. The van der Waals surface area contributed by atoms with Gasteiger partial charge < -0.3 is 4.74 Å². The molecule has 3 heterocycles. The van der Waals surface area contributed by atoms with Crippen molar-refractivity contribution in [3.8, 4) is 5.75 Å². The predicted octanol–water partition coefficient (Wildman–Crippen LogP) is 4.32. The van der Waals surface area contributed by atoms with Crippen LogP contribution in [-0.2, 0) is 0 Å². The maximum atomic E-state index is 6.29. The molecule has 0 N–H and O–H groups in total. The first kappa shape index (κ1) is 14.2. The molecule has 0 radical (unpaired) electrons. The highest BCUT2D eigenvalue weighted by molar-refractivity contribution is 6.01. The molecule has 2 atom stereocenters. The number of rotatable bonds is 2. The SMILES string of the molecule is c1ccc(C2=NN3[C@H](C2)c2ccccc2O[C@@H]3c2cccnc2)cc1. The van der Waals surface area contributed by atoms with E-state index in [4.69, 9.17) is 9.84 Å². The number of nitrogens with zero attached hydrogens (tertiary/aromatic N) is 3. The highest BCUT2D eigenvalue weighted by Crippen LogP contribution is 2.47. The molecule has 5 rings (SSSR count). The van der Waals surface area contributed by atoms with Crippen LogP contribution in [0.15, 0.2) is 84.2 Å². The summed E-state index contributed by atoms with van der Waals surface area (Å²) >= 11 is 0. The Kier molecular flexibility index (Phi) is 3.27. The number of ether oxygens (including phenoxy) is 1. The van der Waals surface area contributed by atoms with Gasteiger partial charge in [-0.2, -0.15) is 5.10 Å². The second-order valence-electron chi connectivity index (χ2n) is 6.31. The molecule has 0 spiro atoms. The van der Waals surface area contributed by atoms with E-state index in [1.54, 1.807) is 6.20 Å². The van der Waals surface area contributed by atoms with E-state index in [-0.39, 0.29) is 12.3 Å². The average Bonchev–Trinajstić information content (AvgIpc) is 3.14. The Morgan fingerprint density at radius 3 is 2.60 bits per heavy atom. The summed E-state index contributed by atoms with van der Waals surface area (Å²) < 4.78 is 6.29. The van der Waals surface area contributed by atoms with E-state index >= 15 is 0 Å². The van der Waals surface area contributed by atoms with Gasteiger partial charge in [0.1, 0.15) is 5.75 Å². The van der Waals surface area contributed by atoms with Crippen LogP contribution in [0.2, 0.25) is 0 Å². The zero-order valence-corrected chi connectivity index (χ0v) is 13.6. The van der Waals surface area contributed by atoms with Crippen molar-refractivity contribution in [3.63, 3.8) is 0 Å². The third-order valence-electron chi connectivity index (χ3n) is 4.78. The Labute approximate surface area is 146 Å². The summed E-state index contributed by atoms with van der Waals surface area (Å²) in [4.78, 5) is 4.25. The number of benzene rings is 2. The molecule has 0 fully saturated rings. The number of hydrogen-bond acceptors (Lipinski definition) is 4. The van der Waals surface area contributed by atoms with Crippen molar-refractivity contribution in [3.05, 3.63) is 95.8 Å². The summed E-state index contributed by atoms with van der Waals surface area (Å²) in [5.41, 5.74) is 4.47. The Bertz CT molecular complexity index is 924. The van der Waals surface area contributed by atoms with Gasteiger partial charge in [0, 0.05) is 29.9 Å². The van der Waals surface area contributed by atoms with Crippen LogP contribution in [0.1, 0.15) is 35.4 Å². The maximum Gasteiger partial charge on any atom is 0.215 e. The van der Waals surface area contributed by atoms with E-state index in [9.17, 15) is 0 Å². The van der Waals surface area contributed by atoms with E-state index in [1.165, 1.54) is 11.1 Å². The van der Waals surface area contributed by atoms with Gasteiger partial charge in [0.2, 0.25) is 6.23 Å². The molecule has 0 unspecified atom stereocenters. The van der Waals surface area contributed by atoms with Crippen molar-refractivity contribution in [2.75, 3.05) is 0 Å². The molecular formula is C21H17N3O. The van der Waals surface area contributed by atoms with Gasteiger partial charge in [-0.1, -0.05) is 54.6 Å². The first-order valence-corrected chi connectivity index (χ1v) is 8.47. The Morgan fingerprint density at radius 2 is 1.76 bits per heavy atom. The standard InChI is InChI=1S/C21H17N3O/c1-2-7-15(8-3-1)18-13-19-17-10-4-5-11-20(17)25-21(24(19)23-18)16-9-6-12-22-14-16/h1-12,14,19,21H,13H2/t19-,21-/m1/s1.